The molecular formula is C15H17N3OS. The van der Waals surface area contributed by atoms with Gasteiger partial charge in [0.15, 0.2) is 5.84 Å². The number of aryl methyl sites for hydroxylation is 1. The Bertz CT molecular complexity index is 614. The summed E-state index contributed by atoms with van der Waals surface area (Å²) in [5.74, 6) is 1.87. The second-order valence-electron chi connectivity index (χ2n) is 4.45. The molecule has 0 fully saturated rings. The van der Waals surface area contributed by atoms with Gasteiger partial charge in [-0.15, -0.1) is 0 Å². The van der Waals surface area contributed by atoms with Crippen molar-refractivity contribution in [1.29, 1.82) is 0 Å². The van der Waals surface area contributed by atoms with Gasteiger partial charge in [0.2, 0.25) is 0 Å². The number of rotatable bonds is 5. The van der Waals surface area contributed by atoms with Crippen LogP contribution >= 0.6 is 11.8 Å². The molecule has 0 spiro atoms. The van der Waals surface area contributed by atoms with Crippen LogP contribution in [0.5, 0.6) is 0 Å². The van der Waals surface area contributed by atoms with Gasteiger partial charge in [0.25, 0.3) is 0 Å². The van der Waals surface area contributed by atoms with E-state index in [1.807, 2.05) is 23.9 Å². The zero-order valence-corrected chi connectivity index (χ0v) is 12.1. The first-order valence-corrected chi connectivity index (χ1v) is 7.41. The topological polar surface area (TPSA) is 71.5 Å². The molecule has 20 heavy (non-hydrogen) atoms. The van der Waals surface area contributed by atoms with Crippen molar-refractivity contribution in [1.82, 2.24) is 4.98 Å². The second-order valence-corrected chi connectivity index (χ2v) is 5.44. The Balaban J connectivity index is 1.96. The lowest BCUT2D eigenvalue weighted by Crippen LogP contribution is -2.15. The minimum absolute atomic E-state index is 0.0377. The summed E-state index contributed by atoms with van der Waals surface area (Å²) in [6.07, 6.45) is 1.68. The first kappa shape index (κ1) is 14.4. The summed E-state index contributed by atoms with van der Waals surface area (Å²) in [4.78, 5) is 4.07. The predicted octanol–water partition coefficient (Wildman–Crippen LogP) is 2.92. The lowest BCUT2D eigenvalue weighted by atomic mass is 10.1. The van der Waals surface area contributed by atoms with E-state index in [4.69, 9.17) is 10.9 Å². The fraction of sp³-hybridized carbons (Fsp3) is 0.200. The van der Waals surface area contributed by atoms with Crippen LogP contribution in [0.4, 0.5) is 0 Å². The highest BCUT2D eigenvalue weighted by Crippen LogP contribution is 2.20. The quantitative estimate of drug-likeness (QED) is 0.384. The van der Waals surface area contributed by atoms with Crippen molar-refractivity contribution in [3.63, 3.8) is 0 Å². The van der Waals surface area contributed by atoms with Crippen LogP contribution in [0.1, 0.15) is 22.4 Å². The summed E-state index contributed by atoms with van der Waals surface area (Å²) in [5, 5.41) is 11.6. The number of pyridine rings is 1. The number of hydrogen-bond acceptors (Lipinski definition) is 4. The summed E-state index contributed by atoms with van der Waals surface area (Å²) in [7, 11) is 0. The van der Waals surface area contributed by atoms with E-state index in [1.165, 1.54) is 11.1 Å². The number of oxime groups is 1. The van der Waals surface area contributed by atoms with Crippen LogP contribution < -0.4 is 5.73 Å². The van der Waals surface area contributed by atoms with Crippen LogP contribution in [0.25, 0.3) is 0 Å². The number of aromatic nitrogens is 1. The summed E-state index contributed by atoms with van der Waals surface area (Å²) in [5.41, 5.74) is 9.81. The molecule has 0 aliphatic carbocycles. The molecule has 2 aromatic rings. The van der Waals surface area contributed by atoms with Gasteiger partial charge in [0, 0.05) is 17.7 Å². The Morgan fingerprint density at radius 3 is 2.85 bits per heavy atom. The first-order chi connectivity index (χ1) is 9.70. The Morgan fingerprint density at radius 1 is 1.30 bits per heavy atom. The summed E-state index contributed by atoms with van der Waals surface area (Å²) >= 11 is 1.83. The van der Waals surface area contributed by atoms with Crippen molar-refractivity contribution in [3.8, 4) is 0 Å². The molecule has 1 aromatic carbocycles. The zero-order chi connectivity index (χ0) is 14.4. The van der Waals surface area contributed by atoms with Crippen LogP contribution in [-0.4, -0.2) is 16.0 Å². The van der Waals surface area contributed by atoms with Crippen LogP contribution in [0.3, 0.4) is 0 Å². The molecule has 2 rings (SSSR count). The Kier molecular flexibility index (Phi) is 5.01. The van der Waals surface area contributed by atoms with E-state index in [0.717, 1.165) is 17.1 Å². The molecule has 0 unspecified atom stereocenters. The van der Waals surface area contributed by atoms with Crippen molar-refractivity contribution < 1.29 is 5.21 Å². The molecule has 0 bridgehead atoms. The number of nitrogens with two attached hydrogens (primary N) is 1. The van der Waals surface area contributed by atoms with E-state index < -0.39 is 0 Å². The molecule has 0 amide bonds. The van der Waals surface area contributed by atoms with Gasteiger partial charge < -0.3 is 10.9 Å². The molecule has 0 aliphatic rings. The van der Waals surface area contributed by atoms with Crippen molar-refractivity contribution in [3.05, 3.63) is 65.0 Å². The molecule has 4 nitrogen and oxygen atoms in total. The van der Waals surface area contributed by atoms with E-state index in [0.29, 0.717) is 5.69 Å². The summed E-state index contributed by atoms with van der Waals surface area (Å²) in [6, 6.07) is 12.2. The molecule has 0 saturated carbocycles. The Labute approximate surface area is 122 Å². The molecule has 0 radical (unpaired) electrons. The smallest absolute Gasteiger partial charge is 0.188 e. The fourth-order valence-electron chi connectivity index (χ4n) is 1.81. The van der Waals surface area contributed by atoms with E-state index in [9.17, 15) is 0 Å². The van der Waals surface area contributed by atoms with Crippen molar-refractivity contribution in [2.75, 3.05) is 0 Å². The standard InChI is InChI=1S/C15H17N3OS/c1-11-4-2-3-5-13(11)10-20-9-12-6-7-17-14(8-12)15(16)18-19/h2-8,19H,9-10H2,1H3,(H2,16,18). The molecule has 0 atom stereocenters. The molecule has 0 aliphatic heterocycles. The number of thioether (sulfide) groups is 1. The minimum atomic E-state index is 0.0377. The number of hydrogen-bond donors (Lipinski definition) is 2. The highest BCUT2D eigenvalue weighted by atomic mass is 32.2. The normalized spacial score (nSPS) is 11.6. The summed E-state index contributed by atoms with van der Waals surface area (Å²) < 4.78 is 0. The van der Waals surface area contributed by atoms with Crippen LogP contribution in [-0.2, 0) is 11.5 Å². The van der Waals surface area contributed by atoms with Crippen LogP contribution in [0.2, 0.25) is 0 Å². The zero-order valence-electron chi connectivity index (χ0n) is 11.3. The third-order valence-electron chi connectivity index (χ3n) is 2.98. The van der Waals surface area contributed by atoms with E-state index >= 15 is 0 Å². The highest BCUT2D eigenvalue weighted by Gasteiger charge is 2.03. The van der Waals surface area contributed by atoms with Crippen molar-refractivity contribution in [2.45, 2.75) is 18.4 Å². The third kappa shape index (κ3) is 3.74. The largest absolute Gasteiger partial charge is 0.409 e. The maximum absolute atomic E-state index is 8.65. The molecular weight excluding hydrogens is 270 g/mol. The molecule has 0 saturated heterocycles. The van der Waals surface area contributed by atoms with Gasteiger partial charge in [0.1, 0.15) is 5.69 Å². The number of nitrogens with zero attached hydrogens (tertiary/aromatic N) is 2. The SMILES string of the molecule is Cc1ccccc1CSCc1ccnc(C(N)=NO)c1. The molecule has 5 heteroatoms. The van der Waals surface area contributed by atoms with E-state index in [-0.39, 0.29) is 5.84 Å². The summed E-state index contributed by atoms with van der Waals surface area (Å²) in [6.45, 7) is 2.12. The van der Waals surface area contributed by atoms with Gasteiger partial charge in [-0.1, -0.05) is 29.4 Å². The first-order valence-electron chi connectivity index (χ1n) is 6.26. The Morgan fingerprint density at radius 2 is 2.10 bits per heavy atom. The second kappa shape index (κ2) is 6.96. The molecule has 1 aromatic heterocycles. The lowest BCUT2D eigenvalue weighted by molar-refractivity contribution is 0.318. The average Bonchev–Trinajstić information content (AvgIpc) is 2.49. The van der Waals surface area contributed by atoms with E-state index in [1.54, 1.807) is 6.20 Å². The molecule has 104 valence electrons. The van der Waals surface area contributed by atoms with Crippen molar-refractivity contribution in [2.24, 2.45) is 10.9 Å². The monoisotopic (exact) mass is 287 g/mol. The van der Waals surface area contributed by atoms with Gasteiger partial charge in [-0.2, -0.15) is 11.8 Å². The maximum atomic E-state index is 8.65. The van der Waals surface area contributed by atoms with Gasteiger partial charge in [-0.05, 0) is 35.7 Å². The highest BCUT2D eigenvalue weighted by molar-refractivity contribution is 7.97. The maximum Gasteiger partial charge on any atom is 0.188 e. The van der Waals surface area contributed by atoms with Crippen LogP contribution in [0.15, 0.2) is 47.8 Å². The van der Waals surface area contributed by atoms with Crippen LogP contribution in [0, 0.1) is 6.92 Å². The number of benzene rings is 1. The van der Waals surface area contributed by atoms with E-state index in [2.05, 4.69) is 41.3 Å². The lowest BCUT2D eigenvalue weighted by Gasteiger charge is -2.06. The average molecular weight is 287 g/mol. The van der Waals surface area contributed by atoms with Gasteiger partial charge in [0.05, 0.1) is 0 Å². The van der Waals surface area contributed by atoms with Gasteiger partial charge in [-0.25, -0.2) is 0 Å². The molecule has 1 heterocycles. The molecule has 3 N–H and O–H groups in total. The van der Waals surface area contributed by atoms with Gasteiger partial charge in [-0.3, -0.25) is 4.98 Å². The third-order valence-corrected chi connectivity index (χ3v) is 4.03. The van der Waals surface area contributed by atoms with Crippen molar-refractivity contribution >= 4 is 17.6 Å². The van der Waals surface area contributed by atoms with Gasteiger partial charge >= 0.3 is 0 Å². The minimum Gasteiger partial charge on any atom is -0.409 e. The fourth-order valence-corrected chi connectivity index (χ4v) is 2.87. The number of amidine groups is 1. The Hall–Kier alpha value is -2.01. The predicted molar refractivity (Wildman–Crippen MR) is 82.9 cm³/mol.